The van der Waals surface area contributed by atoms with E-state index in [2.05, 4.69) is 0 Å². The Morgan fingerprint density at radius 3 is 2.14 bits per heavy atom. The molecule has 0 unspecified atom stereocenters. The van der Waals surface area contributed by atoms with Crippen LogP contribution < -0.4 is 0 Å². The lowest BCUT2D eigenvalue weighted by atomic mass is 10.0. The van der Waals surface area contributed by atoms with Gasteiger partial charge in [-0.1, -0.05) is 13.3 Å². The van der Waals surface area contributed by atoms with E-state index in [0.29, 0.717) is 6.54 Å². The Hall–Kier alpha value is -0.920. The van der Waals surface area contributed by atoms with Crippen LogP contribution in [0, 0.1) is 0 Å². The van der Waals surface area contributed by atoms with Crippen LogP contribution in [0.1, 0.15) is 32.6 Å². The van der Waals surface area contributed by atoms with E-state index in [1.807, 2.05) is 6.92 Å². The Labute approximate surface area is 126 Å². The number of hydrogen-bond acceptors (Lipinski definition) is 4. The molecular formula is C14H21NO4S2. The van der Waals surface area contributed by atoms with Crippen molar-refractivity contribution in [1.82, 2.24) is 4.31 Å². The molecule has 1 aliphatic heterocycles. The smallest absolute Gasteiger partial charge is 0.224 e. The minimum atomic E-state index is -3.55. The van der Waals surface area contributed by atoms with Crippen LogP contribution >= 0.6 is 0 Å². The number of nitrogens with zero attached hydrogens (tertiary/aromatic N) is 1. The minimum Gasteiger partial charge on any atom is -0.224 e. The van der Waals surface area contributed by atoms with Gasteiger partial charge in [0.2, 0.25) is 10.0 Å². The van der Waals surface area contributed by atoms with E-state index in [4.69, 9.17) is 0 Å². The summed E-state index contributed by atoms with van der Waals surface area (Å²) in [5.74, 6) is 0. The van der Waals surface area contributed by atoms with E-state index in [1.54, 1.807) is 4.31 Å². The van der Waals surface area contributed by atoms with Crippen LogP contribution in [0.4, 0.5) is 0 Å². The van der Waals surface area contributed by atoms with E-state index in [-0.39, 0.29) is 15.8 Å². The van der Waals surface area contributed by atoms with Gasteiger partial charge in [0.25, 0.3) is 0 Å². The summed E-state index contributed by atoms with van der Waals surface area (Å²) in [7, 11) is -6.86. The Kier molecular flexibility index (Phi) is 4.75. The third-order valence-electron chi connectivity index (χ3n) is 3.90. The molecule has 0 radical (unpaired) electrons. The molecular weight excluding hydrogens is 310 g/mol. The summed E-state index contributed by atoms with van der Waals surface area (Å²) in [6.07, 6.45) is 4.71. The van der Waals surface area contributed by atoms with Gasteiger partial charge >= 0.3 is 0 Å². The molecule has 1 aromatic rings. The Morgan fingerprint density at radius 1 is 1.05 bits per heavy atom. The molecule has 5 nitrogen and oxygen atoms in total. The molecule has 2 rings (SSSR count). The summed E-state index contributed by atoms with van der Waals surface area (Å²) in [5, 5.41) is 0. The van der Waals surface area contributed by atoms with Crippen molar-refractivity contribution in [1.29, 1.82) is 0 Å². The van der Waals surface area contributed by atoms with Gasteiger partial charge in [0.1, 0.15) is 0 Å². The highest BCUT2D eigenvalue weighted by Gasteiger charge is 2.32. The monoisotopic (exact) mass is 331 g/mol. The van der Waals surface area contributed by atoms with Gasteiger partial charge in [-0.25, -0.2) is 16.8 Å². The third-order valence-corrected chi connectivity index (χ3v) is 7.00. The van der Waals surface area contributed by atoms with Gasteiger partial charge in [-0.3, -0.25) is 0 Å². The lowest BCUT2D eigenvalue weighted by Gasteiger charge is -2.34. The zero-order valence-corrected chi connectivity index (χ0v) is 14.0. The normalized spacial score (nSPS) is 21.3. The number of sulfone groups is 1. The van der Waals surface area contributed by atoms with E-state index < -0.39 is 19.9 Å². The number of benzene rings is 1. The largest absolute Gasteiger partial charge is 0.243 e. The van der Waals surface area contributed by atoms with Gasteiger partial charge in [-0.05, 0) is 43.5 Å². The summed E-state index contributed by atoms with van der Waals surface area (Å²) in [4.78, 5) is 0.294. The first-order chi connectivity index (χ1) is 9.76. The molecule has 0 amide bonds. The second-order valence-corrected chi connectivity index (χ2v) is 9.32. The molecule has 0 N–H and O–H groups in total. The standard InChI is InChI=1S/C14H21NO4S2/c1-3-12-6-4-5-11-15(12)21(18,19)14-9-7-13(8-10-14)20(2,16)17/h7-10,12H,3-6,11H2,1-2H3/t12-/m0/s1. The van der Waals surface area contributed by atoms with Crippen LogP contribution in [-0.4, -0.2) is 40.0 Å². The molecule has 0 aromatic heterocycles. The van der Waals surface area contributed by atoms with Crippen LogP contribution in [0.3, 0.4) is 0 Å². The van der Waals surface area contributed by atoms with Crippen molar-refractivity contribution in [2.45, 2.75) is 48.4 Å². The Morgan fingerprint density at radius 2 is 1.62 bits per heavy atom. The zero-order valence-electron chi connectivity index (χ0n) is 12.3. The van der Waals surface area contributed by atoms with E-state index in [0.717, 1.165) is 31.9 Å². The van der Waals surface area contributed by atoms with Gasteiger partial charge in [0, 0.05) is 18.8 Å². The molecule has 0 aliphatic carbocycles. The van der Waals surface area contributed by atoms with Gasteiger partial charge in [-0.15, -0.1) is 0 Å². The second kappa shape index (κ2) is 6.06. The van der Waals surface area contributed by atoms with Crippen molar-refractivity contribution < 1.29 is 16.8 Å². The van der Waals surface area contributed by atoms with E-state index in [1.165, 1.54) is 24.3 Å². The van der Waals surface area contributed by atoms with Crippen LogP contribution in [0.5, 0.6) is 0 Å². The summed E-state index contributed by atoms with van der Waals surface area (Å²) < 4.78 is 49.8. The van der Waals surface area contributed by atoms with Crippen LogP contribution in [0.15, 0.2) is 34.1 Å². The second-order valence-electron chi connectivity index (χ2n) is 5.42. The molecule has 1 atom stereocenters. The molecule has 1 aliphatic rings. The quantitative estimate of drug-likeness (QED) is 0.846. The summed E-state index contributed by atoms with van der Waals surface area (Å²) in [6, 6.07) is 5.51. The maximum absolute atomic E-state index is 12.7. The molecule has 1 saturated heterocycles. The summed E-state index contributed by atoms with van der Waals surface area (Å²) in [5.41, 5.74) is 0. The SMILES string of the molecule is CC[C@H]1CCCCN1S(=O)(=O)c1ccc(S(C)(=O)=O)cc1. The first-order valence-corrected chi connectivity index (χ1v) is 10.4. The zero-order chi connectivity index (χ0) is 15.7. The number of sulfonamides is 1. The molecule has 0 saturated carbocycles. The van der Waals surface area contributed by atoms with E-state index >= 15 is 0 Å². The maximum atomic E-state index is 12.7. The number of piperidine rings is 1. The number of hydrogen-bond donors (Lipinski definition) is 0. The Bertz CT molecular complexity index is 693. The molecule has 1 fully saturated rings. The van der Waals surface area contributed by atoms with Crippen molar-refractivity contribution in [3.05, 3.63) is 24.3 Å². The molecule has 1 aromatic carbocycles. The minimum absolute atomic E-state index is 0.0401. The first-order valence-electron chi connectivity index (χ1n) is 7.09. The number of rotatable bonds is 4. The fourth-order valence-electron chi connectivity index (χ4n) is 2.69. The first kappa shape index (κ1) is 16.5. The molecule has 1 heterocycles. The maximum Gasteiger partial charge on any atom is 0.243 e. The fraction of sp³-hybridized carbons (Fsp3) is 0.571. The van der Waals surface area contributed by atoms with Crippen molar-refractivity contribution in [3.8, 4) is 0 Å². The average molecular weight is 331 g/mol. The lowest BCUT2D eigenvalue weighted by molar-refractivity contribution is 0.246. The van der Waals surface area contributed by atoms with Gasteiger partial charge < -0.3 is 0 Å². The van der Waals surface area contributed by atoms with Crippen LogP contribution in [-0.2, 0) is 19.9 Å². The highest BCUT2D eigenvalue weighted by Crippen LogP contribution is 2.27. The topological polar surface area (TPSA) is 71.5 Å². The van der Waals surface area contributed by atoms with E-state index in [9.17, 15) is 16.8 Å². The van der Waals surface area contributed by atoms with Crippen molar-refractivity contribution >= 4 is 19.9 Å². The summed E-state index contributed by atoms with van der Waals surface area (Å²) >= 11 is 0. The van der Waals surface area contributed by atoms with Gasteiger partial charge in [0.05, 0.1) is 9.79 Å². The highest BCUT2D eigenvalue weighted by molar-refractivity contribution is 7.90. The Balaban J connectivity index is 2.35. The third kappa shape index (κ3) is 3.46. The van der Waals surface area contributed by atoms with Crippen molar-refractivity contribution in [2.75, 3.05) is 12.8 Å². The fourth-order valence-corrected chi connectivity index (χ4v) is 5.09. The van der Waals surface area contributed by atoms with Crippen LogP contribution in [0.2, 0.25) is 0 Å². The molecule has 7 heteroatoms. The highest BCUT2D eigenvalue weighted by atomic mass is 32.2. The van der Waals surface area contributed by atoms with Crippen molar-refractivity contribution in [3.63, 3.8) is 0 Å². The van der Waals surface area contributed by atoms with Gasteiger partial charge in [0.15, 0.2) is 9.84 Å². The van der Waals surface area contributed by atoms with Crippen molar-refractivity contribution in [2.24, 2.45) is 0 Å². The predicted octanol–water partition coefficient (Wildman–Crippen LogP) is 2.04. The molecule has 118 valence electrons. The molecule has 21 heavy (non-hydrogen) atoms. The summed E-state index contributed by atoms with van der Waals surface area (Å²) in [6.45, 7) is 2.53. The lowest BCUT2D eigenvalue weighted by Crippen LogP contribution is -2.43. The van der Waals surface area contributed by atoms with Crippen LogP contribution in [0.25, 0.3) is 0 Å². The van der Waals surface area contributed by atoms with Gasteiger partial charge in [-0.2, -0.15) is 4.31 Å². The predicted molar refractivity (Wildman–Crippen MR) is 81.4 cm³/mol. The molecule has 0 bridgehead atoms. The molecule has 0 spiro atoms. The average Bonchev–Trinajstić information content (AvgIpc) is 2.46.